The van der Waals surface area contributed by atoms with Crippen LogP contribution >= 0.6 is 0 Å². The van der Waals surface area contributed by atoms with Gasteiger partial charge in [-0.05, 0) is 43.0 Å². The summed E-state index contributed by atoms with van der Waals surface area (Å²) in [7, 11) is 0. The Morgan fingerprint density at radius 3 is 2.55 bits per heavy atom. The molecule has 1 aromatic carbocycles. The third-order valence-electron chi connectivity index (χ3n) is 3.33. The second kappa shape index (κ2) is 7.25. The molecule has 1 fully saturated rings. The Labute approximate surface area is 118 Å². The minimum absolute atomic E-state index is 0.179. The van der Waals surface area contributed by atoms with Gasteiger partial charge in [-0.15, -0.1) is 0 Å². The van der Waals surface area contributed by atoms with Gasteiger partial charge in [0.05, 0.1) is 17.7 Å². The molecule has 2 atom stereocenters. The summed E-state index contributed by atoms with van der Waals surface area (Å²) in [5.74, 6) is 1.07. The van der Waals surface area contributed by atoms with Gasteiger partial charge in [0.25, 0.3) is 0 Å². The maximum Gasteiger partial charge on any atom is 0.119 e. The Morgan fingerprint density at radius 2 is 1.95 bits per heavy atom. The van der Waals surface area contributed by atoms with Crippen molar-refractivity contribution in [2.24, 2.45) is 5.92 Å². The van der Waals surface area contributed by atoms with Crippen molar-refractivity contribution in [3.8, 4) is 11.8 Å². The van der Waals surface area contributed by atoms with Gasteiger partial charge >= 0.3 is 0 Å². The van der Waals surface area contributed by atoms with Crippen LogP contribution in [0.5, 0.6) is 5.75 Å². The average molecular weight is 276 g/mol. The van der Waals surface area contributed by atoms with Crippen LogP contribution in [0.25, 0.3) is 0 Å². The van der Waals surface area contributed by atoms with E-state index in [-0.39, 0.29) is 12.7 Å². The van der Waals surface area contributed by atoms with Crippen LogP contribution in [0.3, 0.4) is 0 Å². The van der Waals surface area contributed by atoms with Crippen LogP contribution in [-0.4, -0.2) is 42.1 Å². The zero-order valence-corrected chi connectivity index (χ0v) is 11.3. The molecular formula is C15H20N2O3. The first-order valence-corrected chi connectivity index (χ1v) is 6.89. The first kappa shape index (κ1) is 14.8. The molecule has 1 aliphatic rings. The van der Waals surface area contributed by atoms with E-state index in [9.17, 15) is 10.2 Å². The van der Waals surface area contributed by atoms with Gasteiger partial charge in [0.15, 0.2) is 0 Å². The van der Waals surface area contributed by atoms with E-state index in [1.165, 1.54) is 0 Å². The Bertz CT molecular complexity index is 451. The Kier molecular flexibility index (Phi) is 5.36. The van der Waals surface area contributed by atoms with Gasteiger partial charge in [-0.2, -0.15) is 5.26 Å². The van der Waals surface area contributed by atoms with Crippen molar-refractivity contribution in [1.29, 1.82) is 5.26 Å². The summed E-state index contributed by atoms with van der Waals surface area (Å²) in [6, 6.07) is 8.79. The lowest BCUT2D eigenvalue weighted by Gasteiger charge is -2.15. The van der Waals surface area contributed by atoms with E-state index < -0.39 is 6.10 Å². The van der Waals surface area contributed by atoms with Gasteiger partial charge in [-0.25, -0.2) is 0 Å². The summed E-state index contributed by atoms with van der Waals surface area (Å²) in [4.78, 5) is 0. The molecule has 20 heavy (non-hydrogen) atoms. The zero-order valence-electron chi connectivity index (χ0n) is 11.3. The van der Waals surface area contributed by atoms with Crippen LogP contribution in [-0.2, 0) is 0 Å². The van der Waals surface area contributed by atoms with E-state index in [1.54, 1.807) is 24.3 Å². The molecule has 0 aromatic heterocycles. The fourth-order valence-corrected chi connectivity index (χ4v) is 1.92. The van der Waals surface area contributed by atoms with Gasteiger partial charge in [0.1, 0.15) is 18.5 Å². The molecule has 0 heterocycles. The number of nitrogens with one attached hydrogen (secondary N) is 1. The highest BCUT2D eigenvalue weighted by atomic mass is 16.5. The fraction of sp³-hybridized carbons (Fsp3) is 0.533. The van der Waals surface area contributed by atoms with Crippen molar-refractivity contribution < 1.29 is 14.9 Å². The summed E-state index contributed by atoms with van der Waals surface area (Å²) in [6.45, 7) is 1.08. The van der Waals surface area contributed by atoms with Gasteiger partial charge < -0.3 is 20.3 Å². The van der Waals surface area contributed by atoms with Crippen LogP contribution in [0.15, 0.2) is 24.3 Å². The second-order valence-electron chi connectivity index (χ2n) is 5.16. The standard InChI is InChI=1S/C15H20N2O3/c16-7-11-1-5-14(6-2-11)20-10-13(18)8-17-9-15(19)12-3-4-12/h1-2,5-6,12-13,15,17-19H,3-4,8-10H2. The number of rotatable bonds is 8. The van der Waals surface area contributed by atoms with E-state index in [4.69, 9.17) is 10.00 Å². The maximum atomic E-state index is 9.76. The van der Waals surface area contributed by atoms with Gasteiger partial charge in [0, 0.05) is 13.1 Å². The third-order valence-corrected chi connectivity index (χ3v) is 3.33. The summed E-state index contributed by atoms with van der Waals surface area (Å²) in [6.07, 6.45) is 1.28. The number of hydrogen-bond acceptors (Lipinski definition) is 5. The minimum Gasteiger partial charge on any atom is -0.491 e. The fourth-order valence-electron chi connectivity index (χ4n) is 1.92. The van der Waals surface area contributed by atoms with Crippen LogP contribution < -0.4 is 10.1 Å². The predicted octanol–water partition coefficient (Wildman–Crippen LogP) is 0.658. The summed E-state index contributed by atoms with van der Waals surface area (Å²) in [5.41, 5.74) is 0.577. The molecule has 3 N–H and O–H groups in total. The molecule has 0 aliphatic heterocycles. The molecule has 1 aliphatic carbocycles. The van der Waals surface area contributed by atoms with E-state index in [1.807, 2.05) is 6.07 Å². The molecule has 0 bridgehead atoms. The van der Waals surface area contributed by atoms with Crippen LogP contribution in [0.2, 0.25) is 0 Å². The molecule has 0 radical (unpaired) electrons. The monoisotopic (exact) mass is 276 g/mol. The van der Waals surface area contributed by atoms with Gasteiger partial charge in [-0.3, -0.25) is 0 Å². The Morgan fingerprint density at radius 1 is 1.25 bits per heavy atom. The molecule has 5 heteroatoms. The third kappa shape index (κ3) is 4.82. The topological polar surface area (TPSA) is 85.5 Å². The molecule has 0 amide bonds. The summed E-state index contributed by atoms with van der Waals surface area (Å²) < 4.78 is 5.42. The smallest absolute Gasteiger partial charge is 0.119 e. The molecule has 108 valence electrons. The van der Waals surface area contributed by atoms with Gasteiger partial charge in [-0.1, -0.05) is 0 Å². The van der Waals surface area contributed by atoms with Crippen molar-refractivity contribution in [3.05, 3.63) is 29.8 Å². The highest BCUT2D eigenvalue weighted by Crippen LogP contribution is 2.32. The summed E-state index contributed by atoms with van der Waals surface area (Å²) >= 11 is 0. The Balaban J connectivity index is 1.61. The Hall–Kier alpha value is -1.61. The van der Waals surface area contributed by atoms with Gasteiger partial charge in [0.2, 0.25) is 0 Å². The number of aliphatic hydroxyl groups excluding tert-OH is 2. The van der Waals surface area contributed by atoms with Crippen LogP contribution in [0.4, 0.5) is 0 Å². The quantitative estimate of drug-likeness (QED) is 0.649. The van der Waals surface area contributed by atoms with Crippen molar-refractivity contribution in [1.82, 2.24) is 5.32 Å². The second-order valence-corrected chi connectivity index (χ2v) is 5.16. The number of aliphatic hydroxyl groups is 2. The van der Waals surface area contributed by atoms with E-state index in [0.29, 0.717) is 30.3 Å². The van der Waals surface area contributed by atoms with E-state index >= 15 is 0 Å². The number of nitrogens with zero attached hydrogens (tertiary/aromatic N) is 1. The largest absolute Gasteiger partial charge is 0.491 e. The van der Waals surface area contributed by atoms with E-state index in [2.05, 4.69) is 5.32 Å². The molecule has 5 nitrogen and oxygen atoms in total. The number of ether oxygens (including phenoxy) is 1. The lowest BCUT2D eigenvalue weighted by Crippen LogP contribution is -2.36. The molecule has 2 unspecified atom stereocenters. The van der Waals surface area contributed by atoms with E-state index in [0.717, 1.165) is 12.8 Å². The number of nitriles is 1. The first-order chi connectivity index (χ1) is 9.69. The van der Waals surface area contributed by atoms with Crippen molar-refractivity contribution in [3.63, 3.8) is 0 Å². The molecule has 0 saturated heterocycles. The lowest BCUT2D eigenvalue weighted by molar-refractivity contribution is 0.0966. The maximum absolute atomic E-state index is 9.76. The lowest BCUT2D eigenvalue weighted by atomic mass is 10.2. The van der Waals surface area contributed by atoms with Crippen molar-refractivity contribution >= 4 is 0 Å². The van der Waals surface area contributed by atoms with Crippen LogP contribution in [0.1, 0.15) is 18.4 Å². The average Bonchev–Trinajstić information content (AvgIpc) is 3.30. The predicted molar refractivity (Wildman–Crippen MR) is 74.3 cm³/mol. The van der Waals surface area contributed by atoms with Crippen LogP contribution in [0, 0.1) is 17.2 Å². The van der Waals surface area contributed by atoms with Crippen molar-refractivity contribution in [2.45, 2.75) is 25.0 Å². The number of hydrogen-bond donors (Lipinski definition) is 3. The molecule has 0 spiro atoms. The zero-order chi connectivity index (χ0) is 14.4. The molecule has 1 saturated carbocycles. The number of benzene rings is 1. The first-order valence-electron chi connectivity index (χ1n) is 6.89. The normalized spacial score (nSPS) is 17.2. The highest BCUT2D eigenvalue weighted by molar-refractivity contribution is 5.34. The summed E-state index contributed by atoms with van der Waals surface area (Å²) in [5, 5.41) is 31.1. The minimum atomic E-state index is -0.628. The SMILES string of the molecule is N#Cc1ccc(OCC(O)CNCC(O)C2CC2)cc1. The molecular weight excluding hydrogens is 256 g/mol. The molecule has 2 rings (SSSR count). The van der Waals surface area contributed by atoms with Crippen molar-refractivity contribution in [2.75, 3.05) is 19.7 Å². The molecule has 1 aromatic rings. The highest BCUT2D eigenvalue weighted by Gasteiger charge is 2.29.